The molecule has 4 heteroatoms. The third kappa shape index (κ3) is 3.27. The molecule has 2 atom stereocenters. The molecule has 0 spiro atoms. The van der Waals surface area contributed by atoms with Crippen LogP contribution in [0.2, 0.25) is 0 Å². The van der Waals surface area contributed by atoms with Gasteiger partial charge in [0.1, 0.15) is 0 Å². The van der Waals surface area contributed by atoms with Crippen LogP contribution in [0.25, 0.3) is 0 Å². The van der Waals surface area contributed by atoms with E-state index in [1.165, 1.54) is 0 Å². The lowest BCUT2D eigenvalue weighted by molar-refractivity contribution is -0.130. The first kappa shape index (κ1) is 13.6. The fraction of sp³-hybridized carbons (Fsp3) is 0.538. The second kappa shape index (κ2) is 5.77. The zero-order valence-corrected chi connectivity index (χ0v) is 10.7. The molecule has 3 N–H and O–H groups in total. The molecule has 1 aromatic heterocycles. The van der Waals surface area contributed by atoms with Crippen LogP contribution < -0.4 is 11.1 Å². The molecule has 0 aliphatic rings. The number of hydrogen-bond acceptors (Lipinski definition) is 3. The van der Waals surface area contributed by atoms with Crippen LogP contribution in [-0.2, 0) is 4.79 Å². The Morgan fingerprint density at radius 2 is 2.29 bits per heavy atom. The van der Waals surface area contributed by atoms with Gasteiger partial charge < -0.3 is 11.1 Å². The van der Waals surface area contributed by atoms with E-state index in [9.17, 15) is 4.79 Å². The van der Waals surface area contributed by atoms with Crippen molar-refractivity contribution < 1.29 is 4.79 Å². The fourth-order valence-corrected chi connectivity index (χ4v) is 1.47. The molecule has 4 nitrogen and oxygen atoms in total. The number of nitrogens with two attached hydrogens (primary N) is 1. The Morgan fingerprint density at radius 1 is 1.59 bits per heavy atom. The van der Waals surface area contributed by atoms with Gasteiger partial charge in [-0.15, -0.1) is 0 Å². The fourth-order valence-electron chi connectivity index (χ4n) is 1.47. The zero-order chi connectivity index (χ0) is 12.9. The predicted molar refractivity (Wildman–Crippen MR) is 68.2 cm³/mol. The smallest absolute Gasteiger partial charge is 0.227 e. The van der Waals surface area contributed by atoms with Crippen molar-refractivity contribution in [1.82, 2.24) is 10.3 Å². The maximum Gasteiger partial charge on any atom is 0.227 e. The molecule has 1 heterocycles. The minimum atomic E-state index is -0.497. The van der Waals surface area contributed by atoms with Gasteiger partial charge in [0, 0.05) is 12.7 Å². The number of rotatable bonds is 5. The first-order valence-corrected chi connectivity index (χ1v) is 5.95. The summed E-state index contributed by atoms with van der Waals surface area (Å²) >= 11 is 0. The molecule has 2 unspecified atom stereocenters. The number of amides is 1. The third-order valence-electron chi connectivity index (χ3n) is 3.26. The summed E-state index contributed by atoms with van der Waals surface area (Å²) in [6.07, 6.45) is 2.45. The monoisotopic (exact) mass is 235 g/mol. The minimum Gasteiger partial charge on any atom is -0.347 e. The molecule has 0 aliphatic carbocycles. The topological polar surface area (TPSA) is 68.0 Å². The van der Waals surface area contributed by atoms with E-state index in [0.29, 0.717) is 6.54 Å². The highest BCUT2D eigenvalue weighted by Crippen LogP contribution is 2.21. The molecule has 1 rings (SSSR count). The van der Waals surface area contributed by atoms with Gasteiger partial charge in [-0.3, -0.25) is 9.78 Å². The van der Waals surface area contributed by atoms with Crippen molar-refractivity contribution in [2.75, 3.05) is 6.54 Å². The molecular weight excluding hydrogens is 214 g/mol. The molecule has 17 heavy (non-hydrogen) atoms. The average molecular weight is 235 g/mol. The van der Waals surface area contributed by atoms with Gasteiger partial charge in [0.15, 0.2) is 0 Å². The summed E-state index contributed by atoms with van der Waals surface area (Å²) in [5.74, 6) is -0.0133. The van der Waals surface area contributed by atoms with Gasteiger partial charge in [0.25, 0.3) is 0 Å². The molecule has 0 fully saturated rings. The molecule has 0 bridgehead atoms. The van der Waals surface area contributed by atoms with Crippen molar-refractivity contribution >= 4 is 5.91 Å². The summed E-state index contributed by atoms with van der Waals surface area (Å²) in [5, 5.41) is 2.96. The number of carbonyl (C=O) groups is 1. The van der Waals surface area contributed by atoms with Gasteiger partial charge in [-0.1, -0.05) is 13.0 Å². The van der Waals surface area contributed by atoms with E-state index in [0.717, 1.165) is 12.1 Å². The van der Waals surface area contributed by atoms with E-state index >= 15 is 0 Å². The first-order chi connectivity index (χ1) is 8.03. The molecule has 1 amide bonds. The summed E-state index contributed by atoms with van der Waals surface area (Å²) in [5.41, 5.74) is 6.02. The van der Waals surface area contributed by atoms with Crippen LogP contribution in [0, 0.1) is 5.41 Å². The molecule has 94 valence electrons. The van der Waals surface area contributed by atoms with Gasteiger partial charge in [-0.05, 0) is 32.4 Å². The Kier molecular flexibility index (Phi) is 4.63. The van der Waals surface area contributed by atoms with E-state index < -0.39 is 5.41 Å². The van der Waals surface area contributed by atoms with Crippen molar-refractivity contribution in [3.8, 4) is 0 Å². The summed E-state index contributed by atoms with van der Waals surface area (Å²) in [7, 11) is 0. The molecule has 0 saturated carbocycles. The lowest BCUT2D eigenvalue weighted by atomic mass is 9.86. The summed E-state index contributed by atoms with van der Waals surface area (Å²) in [4.78, 5) is 16.3. The highest BCUT2D eigenvalue weighted by Gasteiger charge is 2.30. The van der Waals surface area contributed by atoms with Crippen molar-refractivity contribution in [2.45, 2.75) is 33.2 Å². The quantitative estimate of drug-likeness (QED) is 0.815. The number of nitrogens with one attached hydrogen (secondary N) is 1. The molecule has 0 saturated heterocycles. The summed E-state index contributed by atoms with van der Waals surface area (Å²) in [6.45, 7) is 6.13. The molecule has 0 radical (unpaired) electrons. The third-order valence-corrected chi connectivity index (χ3v) is 3.26. The van der Waals surface area contributed by atoms with Crippen LogP contribution in [-0.4, -0.2) is 17.4 Å². The van der Waals surface area contributed by atoms with E-state index in [2.05, 4.69) is 10.3 Å². The number of hydrogen-bond donors (Lipinski definition) is 2. The van der Waals surface area contributed by atoms with Crippen LogP contribution in [0.3, 0.4) is 0 Å². The predicted octanol–water partition coefficient (Wildman–Crippen LogP) is 1.63. The van der Waals surface area contributed by atoms with Gasteiger partial charge in [0.2, 0.25) is 5.91 Å². The lowest BCUT2D eigenvalue weighted by Gasteiger charge is -2.27. The van der Waals surface area contributed by atoms with Crippen molar-refractivity contribution in [1.29, 1.82) is 0 Å². The Labute approximate surface area is 103 Å². The Morgan fingerprint density at radius 3 is 2.76 bits per heavy atom. The van der Waals surface area contributed by atoms with Gasteiger partial charge in [-0.25, -0.2) is 0 Å². The van der Waals surface area contributed by atoms with Crippen LogP contribution in [0.15, 0.2) is 24.4 Å². The largest absolute Gasteiger partial charge is 0.347 e. The molecule has 0 aliphatic heterocycles. The maximum absolute atomic E-state index is 12.1. The highest BCUT2D eigenvalue weighted by atomic mass is 16.2. The van der Waals surface area contributed by atoms with Crippen LogP contribution >= 0.6 is 0 Å². The normalized spacial score (nSPS) is 16.0. The Bertz CT molecular complexity index is 360. The highest BCUT2D eigenvalue weighted by molar-refractivity contribution is 5.82. The number of aromatic nitrogens is 1. The first-order valence-electron chi connectivity index (χ1n) is 5.95. The maximum atomic E-state index is 12.1. The minimum absolute atomic E-state index is 0.0133. The van der Waals surface area contributed by atoms with E-state index in [1.807, 2.05) is 39.0 Å². The second-order valence-electron chi connectivity index (χ2n) is 4.57. The van der Waals surface area contributed by atoms with Gasteiger partial charge in [-0.2, -0.15) is 0 Å². The SMILES string of the molecule is CCC(C)(CN)C(=O)NC(C)c1ccccn1. The van der Waals surface area contributed by atoms with Crippen LogP contribution in [0.1, 0.15) is 38.9 Å². The van der Waals surface area contributed by atoms with Crippen LogP contribution in [0.5, 0.6) is 0 Å². The van der Waals surface area contributed by atoms with Crippen molar-refractivity contribution in [3.05, 3.63) is 30.1 Å². The molecule has 1 aromatic rings. The van der Waals surface area contributed by atoms with Crippen molar-refractivity contribution in [2.24, 2.45) is 11.1 Å². The Balaban J connectivity index is 2.69. The Hall–Kier alpha value is -1.42. The standard InChI is InChI=1S/C13H21N3O/c1-4-13(3,9-14)12(17)16-10(2)11-7-5-6-8-15-11/h5-8,10H,4,9,14H2,1-3H3,(H,16,17). The number of nitrogens with zero attached hydrogens (tertiary/aromatic N) is 1. The lowest BCUT2D eigenvalue weighted by Crippen LogP contribution is -2.44. The van der Waals surface area contributed by atoms with E-state index in [1.54, 1.807) is 6.20 Å². The van der Waals surface area contributed by atoms with Crippen LogP contribution in [0.4, 0.5) is 0 Å². The zero-order valence-electron chi connectivity index (χ0n) is 10.7. The van der Waals surface area contributed by atoms with Gasteiger partial charge in [0.05, 0.1) is 17.2 Å². The van der Waals surface area contributed by atoms with E-state index in [-0.39, 0.29) is 11.9 Å². The number of pyridine rings is 1. The summed E-state index contributed by atoms with van der Waals surface area (Å²) < 4.78 is 0. The number of carbonyl (C=O) groups excluding carboxylic acids is 1. The van der Waals surface area contributed by atoms with Crippen molar-refractivity contribution in [3.63, 3.8) is 0 Å². The average Bonchev–Trinajstić information content (AvgIpc) is 2.38. The van der Waals surface area contributed by atoms with E-state index in [4.69, 9.17) is 5.73 Å². The molecular formula is C13H21N3O. The van der Waals surface area contributed by atoms with Gasteiger partial charge >= 0.3 is 0 Å². The second-order valence-corrected chi connectivity index (χ2v) is 4.57. The molecule has 0 aromatic carbocycles. The summed E-state index contributed by atoms with van der Waals surface area (Å²) in [6, 6.07) is 5.57.